The second-order valence-electron chi connectivity index (χ2n) is 5.43. The minimum absolute atomic E-state index is 0.0684. The van der Waals surface area contributed by atoms with Gasteiger partial charge in [-0.2, -0.15) is 0 Å². The Labute approximate surface area is 117 Å². The quantitative estimate of drug-likeness (QED) is 0.855. The molecule has 1 heterocycles. The Morgan fingerprint density at radius 1 is 1.15 bits per heavy atom. The minimum Gasteiger partial charge on any atom is -0.479 e. The van der Waals surface area contributed by atoms with Crippen molar-refractivity contribution < 1.29 is 19.8 Å². The second kappa shape index (κ2) is 5.25. The largest absolute Gasteiger partial charge is 0.479 e. The lowest BCUT2D eigenvalue weighted by molar-refractivity contribution is -0.162. The maximum Gasteiger partial charge on any atom is 0.335 e. The minimum atomic E-state index is -1.69. The summed E-state index contributed by atoms with van der Waals surface area (Å²) >= 11 is 0. The Morgan fingerprint density at radius 3 is 2.25 bits per heavy atom. The van der Waals surface area contributed by atoms with E-state index in [4.69, 9.17) is 5.11 Å². The fourth-order valence-corrected chi connectivity index (χ4v) is 2.35. The summed E-state index contributed by atoms with van der Waals surface area (Å²) in [6.07, 6.45) is 0.137. The summed E-state index contributed by atoms with van der Waals surface area (Å²) in [5, 5.41) is 18.8. The third kappa shape index (κ3) is 2.67. The van der Waals surface area contributed by atoms with Crippen LogP contribution in [0.1, 0.15) is 34.3 Å². The van der Waals surface area contributed by atoms with Gasteiger partial charge in [-0.05, 0) is 37.1 Å². The summed E-state index contributed by atoms with van der Waals surface area (Å²) in [6, 6.07) is 5.53. The number of likely N-dealkylation sites (tertiary alicyclic amines) is 1. The number of carbonyl (C=O) groups is 2. The van der Waals surface area contributed by atoms with Crippen LogP contribution in [0.5, 0.6) is 0 Å². The molecule has 0 aliphatic carbocycles. The Balaban J connectivity index is 2.08. The number of rotatable bonds is 2. The summed E-state index contributed by atoms with van der Waals surface area (Å²) in [6.45, 7) is 4.45. The lowest BCUT2D eigenvalue weighted by atomic mass is 9.91. The number of hydrogen-bond acceptors (Lipinski definition) is 3. The lowest BCUT2D eigenvalue weighted by Crippen LogP contribution is -2.50. The van der Waals surface area contributed by atoms with E-state index < -0.39 is 11.6 Å². The predicted molar refractivity (Wildman–Crippen MR) is 73.6 cm³/mol. The highest BCUT2D eigenvalue weighted by Crippen LogP contribution is 2.24. The molecule has 1 saturated heterocycles. The van der Waals surface area contributed by atoms with Crippen molar-refractivity contribution in [3.63, 3.8) is 0 Å². The fourth-order valence-electron chi connectivity index (χ4n) is 2.35. The number of amides is 1. The smallest absolute Gasteiger partial charge is 0.335 e. The third-order valence-electron chi connectivity index (χ3n) is 4.03. The van der Waals surface area contributed by atoms with E-state index >= 15 is 0 Å². The van der Waals surface area contributed by atoms with Gasteiger partial charge in [0.2, 0.25) is 0 Å². The van der Waals surface area contributed by atoms with Crippen LogP contribution in [0.2, 0.25) is 0 Å². The fraction of sp³-hybridized carbons (Fsp3) is 0.467. The van der Waals surface area contributed by atoms with E-state index in [9.17, 15) is 14.7 Å². The molecule has 1 fully saturated rings. The predicted octanol–water partition coefficient (Wildman–Crippen LogP) is 1.36. The van der Waals surface area contributed by atoms with Crippen molar-refractivity contribution in [1.82, 2.24) is 4.90 Å². The van der Waals surface area contributed by atoms with Crippen molar-refractivity contribution in [1.29, 1.82) is 0 Å². The summed E-state index contributed by atoms with van der Waals surface area (Å²) < 4.78 is 0. The molecule has 5 nitrogen and oxygen atoms in total. The summed E-state index contributed by atoms with van der Waals surface area (Å²) in [7, 11) is 0. The zero-order chi connectivity index (χ0) is 14.9. The first-order valence-electron chi connectivity index (χ1n) is 6.66. The first-order chi connectivity index (χ1) is 9.33. The summed E-state index contributed by atoms with van der Waals surface area (Å²) in [4.78, 5) is 24.9. The van der Waals surface area contributed by atoms with Crippen LogP contribution in [-0.2, 0) is 4.79 Å². The molecule has 2 rings (SSSR count). The molecule has 0 radical (unpaired) electrons. The Hall–Kier alpha value is -1.88. The van der Waals surface area contributed by atoms with Gasteiger partial charge in [0.15, 0.2) is 5.60 Å². The van der Waals surface area contributed by atoms with Crippen molar-refractivity contribution in [2.45, 2.75) is 32.3 Å². The van der Waals surface area contributed by atoms with E-state index in [0.29, 0.717) is 5.56 Å². The van der Waals surface area contributed by atoms with Gasteiger partial charge in [0, 0.05) is 31.5 Å². The molecule has 1 aromatic carbocycles. The van der Waals surface area contributed by atoms with E-state index in [1.54, 1.807) is 11.0 Å². The van der Waals surface area contributed by atoms with Gasteiger partial charge < -0.3 is 15.1 Å². The molecule has 0 atom stereocenters. The average Bonchev–Trinajstić information content (AvgIpc) is 2.42. The molecule has 0 unspecified atom stereocenters. The molecule has 108 valence electrons. The summed E-state index contributed by atoms with van der Waals surface area (Å²) in [5.74, 6) is -1.32. The van der Waals surface area contributed by atoms with Crippen LogP contribution in [0.15, 0.2) is 18.2 Å². The third-order valence-corrected chi connectivity index (χ3v) is 4.03. The number of aryl methyl sites for hydroxylation is 2. The molecule has 0 aromatic heterocycles. The first kappa shape index (κ1) is 14.5. The van der Waals surface area contributed by atoms with Crippen LogP contribution < -0.4 is 0 Å². The second-order valence-corrected chi connectivity index (χ2v) is 5.43. The van der Waals surface area contributed by atoms with Gasteiger partial charge in [-0.15, -0.1) is 0 Å². The molecular weight excluding hydrogens is 258 g/mol. The van der Waals surface area contributed by atoms with Crippen molar-refractivity contribution in [2.24, 2.45) is 0 Å². The van der Waals surface area contributed by atoms with Crippen molar-refractivity contribution in [3.8, 4) is 0 Å². The molecule has 0 saturated carbocycles. The SMILES string of the molecule is Cc1ccc(C(=O)N2CCC(O)(C(=O)O)CC2)cc1C. The van der Waals surface area contributed by atoms with Crippen LogP contribution in [0, 0.1) is 13.8 Å². The highest BCUT2D eigenvalue weighted by Gasteiger charge is 2.40. The van der Waals surface area contributed by atoms with E-state index in [-0.39, 0.29) is 31.8 Å². The molecule has 5 heteroatoms. The van der Waals surface area contributed by atoms with E-state index in [1.165, 1.54) is 0 Å². The monoisotopic (exact) mass is 277 g/mol. The molecule has 0 bridgehead atoms. The number of nitrogens with zero attached hydrogens (tertiary/aromatic N) is 1. The van der Waals surface area contributed by atoms with E-state index in [1.807, 2.05) is 26.0 Å². The Kier molecular flexibility index (Phi) is 3.81. The zero-order valence-corrected chi connectivity index (χ0v) is 11.7. The van der Waals surface area contributed by atoms with Crippen LogP contribution in [-0.4, -0.2) is 45.7 Å². The van der Waals surface area contributed by atoms with Gasteiger partial charge in [-0.25, -0.2) is 4.79 Å². The maximum atomic E-state index is 12.3. The van der Waals surface area contributed by atoms with Crippen LogP contribution in [0.25, 0.3) is 0 Å². The number of carboxylic acids is 1. The number of carboxylic acid groups (broad SMARTS) is 1. The number of aliphatic hydroxyl groups is 1. The van der Waals surface area contributed by atoms with Crippen LogP contribution >= 0.6 is 0 Å². The maximum absolute atomic E-state index is 12.3. The zero-order valence-electron chi connectivity index (χ0n) is 11.7. The van der Waals surface area contributed by atoms with Gasteiger partial charge in [0.1, 0.15) is 0 Å². The molecule has 2 N–H and O–H groups in total. The van der Waals surface area contributed by atoms with Gasteiger partial charge in [-0.1, -0.05) is 6.07 Å². The number of aliphatic carboxylic acids is 1. The van der Waals surface area contributed by atoms with Gasteiger partial charge >= 0.3 is 5.97 Å². The molecule has 1 amide bonds. The van der Waals surface area contributed by atoms with Gasteiger partial charge in [-0.3, -0.25) is 4.79 Å². The average molecular weight is 277 g/mol. The standard InChI is InChI=1S/C15H19NO4/c1-10-3-4-12(9-11(10)2)13(17)16-7-5-15(20,6-8-16)14(18)19/h3-4,9,20H,5-8H2,1-2H3,(H,18,19). The first-order valence-corrected chi connectivity index (χ1v) is 6.66. The van der Waals surface area contributed by atoms with Gasteiger partial charge in [0.05, 0.1) is 0 Å². The molecule has 1 aliphatic heterocycles. The van der Waals surface area contributed by atoms with Crippen molar-refractivity contribution in [3.05, 3.63) is 34.9 Å². The number of carbonyl (C=O) groups excluding carboxylic acids is 1. The molecule has 1 aliphatic rings. The normalized spacial score (nSPS) is 17.9. The number of benzene rings is 1. The summed E-state index contributed by atoms with van der Waals surface area (Å²) in [5.41, 5.74) is 1.09. The molecule has 20 heavy (non-hydrogen) atoms. The Morgan fingerprint density at radius 2 is 1.75 bits per heavy atom. The lowest BCUT2D eigenvalue weighted by Gasteiger charge is -2.35. The van der Waals surface area contributed by atoms with Gasteiger partial charge in [0.25, 0.3) is 5.91 Å². The Bertz CT molecular complexity index is 545. The molecule has 1 aromatic rings. The highest BCUT2D eigenvalue weighted by molar-refractivity contribution is 5.94. The van der Waals surface area contributed by atoms with Crippen molar-refractivity contribution in [2.75, 3.05) is 13.1 Å². The van der Waals surface area contributed by atoms with E-state index in [0.717, 1.165) is 11.1 Å². The van der Waals surface area contributed by atoms with Crippen molar-refractivity contribution >= 4 is 11.9 Å². The molecule has 0 spiro atoms. The molecular formula is C15H19NO4. The van der Waals surface area contributed by atoms with E-state index in [2.05, 4.69) is 0 Å². The number of hydrogen-bond donors (Lipinski definition) is 2. The van der Waals surface area contributed by atoms with Crippen LogP contribution in [0.3, 0.4) is 0 Å². The van der Waals surface area contributed by atoms with Crippen LogP contribution in [0.4, 0.5) is 0 Å². The topological polar surface area (TPSA) is 77.8 Å². The number of piperidine rings is 1. The highest BCUT2D eigenvalue weighted by atomic mass is 16.4.